The van der Waals surface area contributed by atoms with E-state index in [0.29, 0.717) is 24.9 Å². The van der Waals surface area contributed by atoms with Gasteiger partial charge < -0.3 is 11.1 Å². The van der Waals surface area contributed by atoms with Crippen molar-refractivity contribution in [1.82, 2.24) is 5.32 Å². The van der Waals surface area contributed by atoms with E-state index < -0.39 is 0 Å². The monoisotopic (exact) mass is 172 g/mol. The van der Waals surface area contributed by atoms with Gasteiger partial charge in [-0.2, -0.15) is 0 Å². The first-order valence-corrected chi connectivity index (χ1v) is 4.61. The number of hydrogen-bond acceptors (Lipinski definition) is 2. The Balaban J connectivity index is 3.77. The molecule has 0 radical (unpaired) electrons. The number of carbonyl (C=O) groups is 1. The zero-order valence-corrected chi connectivity index (χ0v) is 8.26. The molecular formula is C9H20N2O. The Morgan fingerprint density at radius 3 is 2.42 bits per heavy atom. The molecule has 3 N–H and O–H groups in total. The van der Waals surface area contributed by atoms with Crippen LogP contribution in [-0.2, 0) is 4.79 Å². The molecule has 1 unspecified atom stereocenters. The second kappa shape index (κ2) is 6.00. The van der Waals surface area contributed by atoms with Crippen LogP contribution in [0.2, 0.25) is 0 Å². The fraction of sp³-hybridized carbons (Fsp3) is 0.889. The van der Waals surface area contributed by atoms with Crippen molar-refractivity contribution in [1.29, 1.82) is 0 Å². The number of carbonyl (C=O) groups excluding carboxylic acids is 1. The standard InChI is InChI=1S/C9H20N2O/c1-4-8(7(2)3)11-9(12)5-6-10/h7-8H,4-6,10H2,1-3H3,(H,11,12). The van der Waals surface area contributed by atoms with Gasteiger partial charge in [0.1, 0.15) is 0 Å². The number of nitrogens with one attached hydrogen (secondary N) is 1. The lowest BCUT2D eigenvalue weighted by Gasteiger charge is -2.20. The maximum atomic E-state index is 11.1. The molecule has 0 bridgehead atoms. The van der Waals surface area contributed by atoms with Gasteiger partial charge in [0, 0.05) is 19.0 Å². The number of amides is 1. The fourth-order valence-electron chi connectivity index (χ4n) is 1.15. The third-order valence-corrected chi connectivity index (χ3v) is 1.96. The van der Waals surface area contributed by atoms with Crippen LogP contribution >= 0.6 is 0 Å². The molecule has 3 heteroatoms. The van der Waals surface area contributed by atoms with E-state index in [1.54, 1.807) is 0 Å². The summed E-state index contributed by atoms with van der Waals surface area (Å²) in [4.78, 5) is 11.1. The molecule has 0 aromatic carbocycles. The lowest BCUT2D eigenvalue weighted by atomic mass is 10.0. The largest absolute Gasteiger partial charge is 0.353 e. The second-order valence-corrected chi connectivity index (χ2v) is 3.36. The second-order valence-electron chi connectivity index (χ2n) is 3.36. The van der Waals surface area contributed by atoms with E-state index in [2.05, 4.69) is 26.1 Å². The van der Waals surface area contributed by atoms with Crippen molar-refractivity contribution in [3.63, 3.8) is 0 Å². The highest BCUT2D eigenvalue weighted by Crippen LogP contribution is 2.04. The van der Waals surface area contributed by atoms with Crippen LogP contribution in [0, 0.1) is 5.92 Å². The third-order valence-electron chi connectivity index (χ3n) is 1.96. The van der Waals surface area contributed by atoms with Gasteiger partial charge in [0.25, 0.3) is 0 Å². The quantitative estimate of drug-likeness (QED) is 0.647. The summed E-state index contributed by atoms with van der Waals surface area (Å²) in [7, 11) is 0. The normalized spacial score (nSPS) is 13.1. The van der Waals surface area contributed by atoms with Crippen molar-refractivity contribution in [3.05, 3.63) is 0 Å². The van der Waals surface area contributed by atoms with E-state index in [-0.39, 0.29) is 5.91 Å². The van der Waals surface area contributed by atoms with Crippen LogP contribution in [0.5, 0.6) is 0 Å². The molecule has 0 aromatic rings. The molecular weight excluding hydrogens is 152 g/mol. The lowest BCUT2D eigenvalue weighted by molar-refractivity contribution is -0.121. The van der Waals surface area contributed by atoms with Gasteiger partial charge in [-0.3, -0.25) is 4.79 Å². The minimum absolute atomic E-state index is 0.0676. The molecule has 0 spiro atoms. The van der Waals surface area contributed by atoms with Gasteiger partial charge in [0.2, 0.25) is 5.91 Å². The van der Waals surface area contributed by atoms with E-state index in [1.165, 1.54) is 0 Å². The first-order valence-electron chi connectivity index (χ1n) is 4.61. The summed E-state index contributed by atoms with van der Waals surface area (Å²) in [5.41, 5.74) is 5.26. The number of nitrogens with two attached hydrogens (primary N) is 1. The Morgan fingerprint density at radius 1 is 1.50 bits per heavy atom. The molecule has 12 heavy (non-hydrogen) atoms. The summed E-state index contributed by atoms with van der Waals surface area (Å²) in [6.45, 7) is 6.72. The molecule has 1 amide bonds. The predicted octanol–water partition coefficient (Wildman–Crippen LogP) is 0.886. The minimum Gasteiger partial charge on any atom is -0.353 e. The highest BCUT2D eigenvalue weighted by molar-refractivity contribution is 5.76. The summed E-state index contributed by atoms with van der Waals surface area (Å²) in [5, 5.41) is 2.95. The Labute approximate surface area is 74.7 Å². The highest BCUT2D eigenvalue weighted by Gasteiger charge is 2.12. The van der Waals surface area contributed by atoms with E-state index >= 15 is 0 Å². The van der Waals surface area contributed by atoms with E-state index in [4.69, 9.17) is 5.73 Å². The first-order chi connectivity index (χ1) is 5.61. The SMILES string of the molecule is CCC(NC(=O)CCN)C(C)C. The van der Waals surface area contributed by atoms with Crippen molar-refractivity contribution in [2.75, 3.05) is 6.54 Å². The van der Waals surface area contributed by atoms with Crippen molar-refractivity contribution >= 4 is 5.91 Å². The van der Waals surface area contributed by atoms with Gasteiger partial charge in [0.05, 0.1) is 0 Å². The van der Waals surface area contributed by atoms with Crippen LogP contribution in [0.1, 0.15) is 33.6 Å². The zero-order valence-electron chi connectivity index (χ0n) is 8.26. The van der Waals surface area contributed by atoms with Crippen LogP contribution in [-0.4, -0.2) is 18.5 Å². The Morgan fingerprint density at radius 2 is 2.08 bits per heavy atom. The fourth-order valence-corrected chi connectivity index (χ4v) is 1.15. The molecule has 0 saturated carbocycles. The van der Waals surface area contributed by atoms with Crippen LogP contribution in [0.3, 0.4) is 0 Å². The van der Waals surface area contributed by atoms with Crippen LogP contribution in [0.4, 0.5) is 0 Å². The van der Waals surface area contributed by atoms with Crippen molar-refractivity contribution in [3.8, 4) is 0 Å². The van der Waals surface area contributed by atoms with E-state index in [9.17, 15) is 4.79 Å². The molecule has 0 heterocycles. The molecule has 3 nitrogen and oxygen atoms in total. The van der Waals surface area contributed by atoms with Gasteiger partial charge >= 0.3 is 0 Å². The zero-order chi connectivity index (χ0) is 9.56. The topological polar surface area (TPSA) is 55.1 Å². The molecule has 0 aliphatic carbocycles. The molecule has 0 fully saturated rings. The van der Waals surface area contributed by atoms with E-state index in [0.717, 1.165) is 6.42 Å². The smallest absolute Gasteiger partial charge is 0.221 e. The van der Waals surface area contributed by atoms with Crippen molar-refractivity contribution in [2.45, 2.75) is 39.7 Å². The van der Waals surface area contributed by atoms with Gasteiger partial charge in [-0.1, -0.05) is 20.8 Å². The average Bonchev–Trinajstić information content (AvgIpc) is 2.00. The third kappa shape index (κ3) is 4.34. The van der Waals surface area contributed by atoms with Gasteiger partial charge in [0.15, 0.2) is 0 Å². The summed E-state index contributed by atoms with van der Waals surface area (Å²) in [5.74, 6) is 0.565. The Hall–Kier alpha value is -0.570. The molecule has 0 aromatic heterocycles. The first kappa shape index (κ1) is 11.4. The van der Waals surface area contributed by atoms with E-state index in [1.807, 2.05) is 0 Å². The molecule has 0 saturated heterocycles. The Bertz CT molecular complexity index is 134. The summed E-state index contributed by atoms with van der Waals surface area (Å²) < 4.78 is 0. The summed E-state index contributed by atoms with van der Waals surface area (Å²) in [6, 6.07) is 0.295. The lowest BCUT2D eigenvalue weighted by Crippen LogP contribution is -2.38. The molecule has 0 rings (SSSR count). The van der Waals surface area contributed by atoms with Crippen molar-refractivity contribution in [2.24, 2.45) is 11.7 Å². The average molecular weight is 172 g/mol. The van der Waals surface area contributed by atoms with Crippen LogP contribution < -0.4 is 11.1 Å². The van der Waals surface area contributed by atoms with Gasteiger partial charge in [-0.05, 0) is 12.3 Å². The molecule has 1 atom stereocenters. The summed E-state index contributed by atoms with van der Waals surface area (Å²) >= 11 is 0. The number of rotatable bonds is 5. The molecule has 72 valence electrons. The van der Waals surface area contributed by atoms with Crippen molar-refractivity contribution < 1.29 is 4.79 Å². The molecule has 0 aliphatic heterocycles. The minimum atomic E-state index is 0.0676. The molecule has 0 aliphatic rings. The van der Waals surface area contributed by atoms with Crippen LogP contribution in [0.15, 0.2) is 0 Å². The predicted molar refractivity (Wildman–Crippen MR) is 50.7 cm³/mol. The highest BCUT2D eigenvalue weighted by atomic mass is 16.1. The summed E-state index contributed by atoms with van der Waals surface area (Å²) in [6.07, 6.45) is 1.41. The Kier molecular flexibility index (Phi) is 5.72. The van der Waals surface area contributed by atoms with Gasteiger partial charge in [-0.15, -0.1) is 0 Å². The maximum Gasteiger partial charge on any atom is 0.221 e. The van der Waals surface area contributed by atoms with Crippen LogP contribution in [0.25, 0.3) is 0 Å². The van der Waals surface area contributed by atoms with Gasteiger partial charge in [-0.25, -0.2) is 0 Å². The number of hydrogen-bond donors (Lipinski definition) is 2. The maximum absolute atomic E-state index is 11.1.